The van der Waals surface area contributed by atoms with Gasteiger partial charge in [-0.25, -0.2) is 0 Å². The maximum Gasteiger partial charge on any atom is 0.0323 e. The Morgan fingerprint density at radius 2 is 2.12 bits per heavy atom. The molecule has 1 saturated carbocycles. The molecule has 0 saturated heterocycles. The molecule has 0 radical (unpaired) electrons. The van der Waals surface area contributed by atoms with Gasteiger partial charge in [0, 0.05) is 21.5 Å². The monoisotopic (exact) mass is 343 g/mol. The SMILES string of the molecule is C/C(=C/c1ccc(Br)c(Br)c1)CNC1CC1. The molecule has 1 aromatic rings. The zero-order valence-electron chi connectivity index (χ0n) is 9.26. The number of rotatable bonds is 4. The first kappa shape index (κ1) is 12.3. The molecule has 1 aromatic carbocycles. The molecule has 0 heterocycles. The lowest BCUT2D eigenvalue weighted by molar-refractivity contribution is 0.736. The lowest BCUT2D eigenvalue weighted by Gasteiger charge is -2.04. The first-order valence-electron chi connectivity index (χ1n) is 5.51. The molecule has 1 fully saturated rings. The molecular weight excluding hydrogens is 330 g/mol. The Morgan fingerprint density at radius 1 is 1.38 bits per heavy atom. The van der Waals surface area contributed by atoms with Crippen molar-refractivity contribution >= 4 is 37.9 Å². The number of benzene rings is 1. The molecule has 0 spiro atoms. The van der Waals surface area contributed by atoms with E-state index >= 15 is 0 Å². The summed E-state index contributed by atoms with van der Waals surface area (Å²) in [5.41, 5.74) is 2.62. The molecule has 16 heavy (non-hydrogen) atoms. The third kappa shape index (κ3) is 3.72. The van der Waals surface area contributed by atoms with E-state index in [9.17, 15) is 0 Å². The van der Waals surface area contributed by atoms with Crippen LogP contribution in [-0.2, 0) is 0 Å². The summed E-state index contributed by atoms with van der Waals surface area (Å²) in [7, 11) is 0. The largest absolute Gasteiger partial charge is 0.310 e. The van der Waals surface area contributed by atoms with Gasteiger partial charge in [0.05, 0.1) is 0 Å². The Bertz CT molecular complexity index is 408. The minimum atomic E-state index is 0.778. The smallest absolute Gasteiger partial charge is 0.0323 e. The van der Waals surface area contributed by atoms with Crippen LogP contribution in [0.4, 0.5) is 0 Å². The molecule has 1 N–H and O–H groups in total. The first-order chi connectivity index (χ1) is 7.65. The van der Waals surface area contributed by atoms with Gasteiger partial charge in [0.15, 0.2) is 0 Å². The van der Waals surface area contributed by atoms with Gasteiger partial charge in [-0.1, -0.05) is 17.7 Å². The summed E-state index contributed by atoms with van der Waals surface area (Å²) in [4.78, 5) is 0. The third-order valence-electron chi connectivity index (χ3n) is 2.60. The lowest BCUT2D eigenvalue weighted by Crippen LogP contribution is -2.18. The number of halogens is 2. The van der Waals surface area contributed by atoms with E-state index in [1.807, 2.05) is 0 Å². The summed E-state index contributed by atoms with van der Waals surface area (Å²) in [6.45, 7) is 3.17. The van der Waals surface area contributed by atoms with Gasteiger partial charge in [-0.2, -0.15) is 0 Å². The highest BCUT2D eigenvalue weighted by atomic mass is 79.9. The van der Waals surface area contributed by atoms with E-state index in [4.69, 9.17) is 0 Å². The van der Waals surface area contributed by atoms with Crippen molar-refractivity contribution < 1.29 is 0 Å². The molecule has 3 heteroatoms. The molecular formula is C13H15Br2N. The zero-order chi connectivity index (χ0) is 11.5. The van der Waals surface area contributed by atoms with Crippen LogP contribution in [0.3, 0.4) is 0 Å². The van der Waals surface area contributed by atoms with E-state index in [-0.39, 0.29) is 0 Å². The maximum atomic E-state index is 3.52. The van der Waals surface area contributed by atoms with E-state index in [2.05, 4.69) is 68.4 Å². The zero-order valence-corrected chi connectivity index (χ0v) is 12.4. The number of nitrogens with one attached hydrogen (secondary N) is 1. The van der Waals surface area contributed by atoms with Crippen LogP contribution in [0.15, 0.2) is 32.7 Å². The summed E-state index contributed by atoms with van der Waals surface area (Å²) in [5.74, 6) is 0. The van der Waals surface area contributed by atoms with Crippen molar-refractivity contribution in [1.82, 2.24) is 5.32 Å². The van der Waals surface area contributed by atoms with Crippen molar-refractivity contribution in [3.63, 3.8) is 0 Å². The molecule has 1 aliphatic rings. The van der Waals surface area contributed by atoms with E-state index in [1.165, 1.54) is 24.0 Å². The summed E-state index contributed by atoms with van der Waals surface area (Å²) >= 11 is 6.99. The second-order valence-corrected chi connectivity index (χ2v) is 6.03. The average Bonchev–Trinajstić information content (AvgIpc) is 3.04. The average molecular weight is 345 g/mol. The van der Waals surface area contributed by atoms with Gasteiger partial charge in [0.25, 0.3) is 0 Å². The minimum Gasteiger partial charge on any atom is -0.310 e. The highest BCUT2D eigenvalue weighted by Crippen LogP contribution is 2.25. The summed E-state index contributed by atoms with van der Waals surface area (Å²) in [6, 6.07) is 7.09. The molecule has 2 rings (SSSR count). The predicted octanol–water partition coefficient (Wildman–Crippen LogP) is 4.37. The fourth-order valence-corrected chi connectivity index (χ4v) is 2.17. The van der Waals surface area contributed by atoms with Gasteiger partial charge in [-0.15, -0.1) is 0 Å². The molecule has 0 amide bonds. The van der Waals surface area contributed by atoms with E-state index in [0.29, 0.717) is 0 Å². The Morgan fingerprint density at radius 3 is 2.75 bits per heavy atom. The Labute approximate surface area is 114 Å². The predicted molar refractivity (Wildman–Crippen MR) is 76.5 cm³/mol. The van der Waals surface area contributed by atoms with E-state index in [0.717, 1.165) is 21.5 Å². The van der Waals surface area contributed by atoms with Crippen LogP contribution in [0.5, 0.6) is 0 Å². The molecule has 0 aliphatic heterocycles. The fraction of sp³-hybridized carbons (Fsp3) is 0.385. The normalized spacial score (nSPS) is 16.6. The van der Waals surface area contributed by atoms with Crippen LogP contribution in [0, 0.1) is 0 Å². The molecule has 1 aliphatic carbocycles. The Kier molecular flexibility index (Phi) is 4.22. The molecule has 0 bridgehead atoms. The van der Waals surface area contributed by atoms with Crippen LogP contribution >= 0.6 is 31.9 Å². The van der Waals surface area contributed by atoms with Gasteiger partial charge in [-0.3, -0.25) is 0 Å². The summed E-state index contributed by atoms with van der Waals surface area (Å²) in [6.07, 6.45) is 4.92. The first-order valence-corrected chi connectivity index (χ1v) is 7.09. The van der Waals surface area contributed by atoms with Gasteiger partial charge < -0.3 is 5.32 Å². The maximum absolute atomic E-state index is 3.52. The number of hydrogen-bond donors (Lipinski definition) is 1. The van der Waals surface area contributed by atoms with Gasteiger partial charge in [0.2, 0.25) is 0 Å². The summed E-state index contributed by atoms with van der Waals surface area (Å²) in [5, 5.41) is 3.51. The van der Waals surface area contributed by atoms with Crippen LogP contribution in [-0.4, -0.2) is 12.6 Å². The van der Waals surface area contributed by atoms with Crippen LogP contribution in [0.25, 0.3) is 6.08 Å². The number of hydrogen-bond acceptors (Lipinski definition) is 1. The second-order valence-electron chi connectivity index (χ2n) is 4.32. The summed E-state index contributed by atoms with van der Waals surface area (Å²) < 4.78 is 2.20. The van der Waals surface area contributed by atoms with Gasteiger partial charge in [-0.05, 0) is 69.3 Å². The molecule has 1 nitrogen and oxygen atoms in total. The van der Waals surface area contributed by atoms with Crippen molar-refractivity contribution in [2.75, 3.05) is 6.54 Å². The Balaban J connectivity index is 1.99. The topological polar surface area (TPSA) is 12.0 Å². The highest BCUT2D eigenvalue weighted by molar-refractivity contribution is 9.13. The van der Waals surface area contributed by atoms with Crippen molar-refractivity contribution in [2.45, 2.75) is 25.8 Å². The van der Waals surface area contributed by atoms with E-state index < -0.39 is 0 Å². The lowest BCUT2D eigenvalue weighted by atomic mass is 10.1. The fourth-order valence-electron chi connectivity index (χ4n) is 1.53. The minimum absolute atomic E-state index is 0.778. The van der Waals surface area contributed by atoms with Crippen molar-refractivity contribution in [3.8, 4) is 0 Å². The van der Waals surface area contributed by atoms with Crippen LogP contribution in [0.1, 0.15) is 25.3 Å². The highest BCUT2D eigenvalue weighted by Gasteiger charge is 2.19. The molecule has 86 valence electrons. The van der Waals surface area contributed by atoms with Gasteiger partial charge >= 0.3 is 0 Å². The molecule has 0 atom stereocenters. The van der Waals surface area contributed by atoms with Crippen LogP contribution < -0.4 is 5.32 Å². The van der Waals surface area contributed by atoms with Crippen molar-refractivity contribution in [2.24, 2.45) is 0 Å². The van der Waals surface area contributed by atoms with Gasteiger partial charge in [0.1, 0.15) is 0 Å². The Hall–Kier alpha value is -0.120. The third-order valence-corrected chi connectivity index (χ3v) is 4.48. The standard InChI is InChI=1S/C13H15Br2N/c1-9(8-16-11-3-4-11)6-10-2-5-12(14)13(15)7-10/h2,5-7,11,16H,3-4,8H2,1H3/b9-6-. The molecule has 0 unspecified atom stereocenters. The van der Waals surface area contributed by atoms with Crippen LogP contribution in [0.2, 0.25) is 0 Å². The molecule has 0 aromatic heterocycles. The van der Waals surface area contributed by atoms with Crippen molar-refractivity contribution in [3.05, 3.63) is 38.3 Å². The second kappa shape index (κ2) is 5.48. The van der Waals surface area contributed by atoms with Crippen molar-refractivity contribution in [1.29, 1.82) is 0 Å². The quantitative estimate of drug-likeness (QED) is 0.855. The van der Waals surface area contributed by atoms with E-state index in [1.54, 1.807) is 0 Å².